The first kappa shape index (κ1) is 25.6. The lowest BCUT2D eigenvalue weighted by molar-refractivity contribution is 0.603. The molecule has 1 aliphatic heterocycles. The Labute approximate surface area is 259 Å². The van der Waals surface area contributed by atoms with Crippen molar-refractivity contribution >= 4 is 64.7 Å². The molecule has 0 saturated carbocycles. The van der Waals surface area contributed by atoms with E-state index >= 15 is 0 Å². The Morgan fingerprint density at radius 3 is 2.02 bits per heavy atom. The first-order valence-corrected chi connectivity index (χ1v) is 16.1. The van der Waals surface area contributed by atoms with Crippen molar-refractivity contribution in [2.24, 2.45) is 0 Å². The molecule has 0 unspecified atom stereocenters. The van der Waals surface area contributed by atoms with Crippen LogP contribution in [0.4, 0.5) is 11.4 Å². The highest BCUT2D eigenvalue weighted by atomic mass is 32.1. The van der Waals surface area contributed by atoms with E-state index in [0.29, 0.717) is 0 Å². The van der Waals surface area contributed by atoms with E-state index in [4.69, 9.17) is 0 Å². The molecule has 0 N–H and O–H groups in total. The van der Waals surface area contributed by atoms with E-state index in [0.717, 1.165) is 44.4 Å². The number of para-hydroxylation sites is 3. The molecule has 0 bridgehead atoms. The number of nitrogens with zero attached hydrogens (tertiary/aromatic N) is 2. The van der Waals surface area contributed by atoms with E-state index < -0.39 is 0 Å². The van der Waals surface area contributed by atoms with Gasteiger partial charge < -0.3 is 9.47 Å². The lowest BCUT2D eigenvalue weighted by Gasteiger charge is -2.44. The topological polar surface area (TPSA) is 25.2 Å². The molecule has 0 amide bonds. The quantitative estimate of drug-likeness (QED) is 0.188. The summed E-state index contributed by atoms with van der Waals surface area (Å²) in [4.78, 5) is 16.3. The maximum absolute atomic E-state index is 13.9. The van der Waals surface area contributed by atoms with Crippen LogP contribution in [0, 0.1) is 0 Å². The Morgan fingerprint density at radius 1 is 0.682 bits per heavy atom. The van der Waals surface area contributed by atoms with Crippen molar-refractivity contribution in [1.82, 2.24) is 4.57 Å². The predicted octanol–water partition coefficient (Wildman–Crippen LogP) is 10.5. The molecule has 1 aliphatic carbocycles. The van der Waals surface area contributed by atoms with Gasteiger partial charge in [0, 0.05) is 59.1 Å². The van der Waals surface area contributed by atoms with Crippen molar-refractivity contribution in [3.8, 4) is 5.69 Å². The molecule has 0 fully saturated rings. The maximum Gasteiger partial charge on any atom is 0.195 e. The Hall–Kier alpha value is -4.93. The number of benzene rings is 5. The van der Waals surface area contributed by atoms with Gasteiger partial charge in [-0.1, -0.05) is 80.6 Å². The van der Waals surface area contributed by atoms with Gasteiger partial charge in [-0.25, -0.2) is 0 Å². The second-order valence-corrected chi connectivity index (χ2v) is 13.5. The van der Waals surface area contributed by atoms with Crippen LogP contribution in [0.5, 0.6) is 0 Å². The van der Waals surface area contributed by atoms with Gasteiger partial charge in [-0.05, 0) is 78.6 Å². The average molecular weight is 587 g/mol. The van der Waals surface area contributed by atoms with Crippen LogP contribution in [0.3, 0.4) is 0 Å². The van der Waals surface area contributed by atoms with Gasteiger partial charge in [0.2, 0.25) is 0 Å². The summed E-state index contributed by atoms with van der Waals surface area (Å²) in [6.07, 6.45) is 6.66. The van der Waals surface area contributed by atoms with Gasteiger partial charge in [-0.2, -0.15) is 0 Å². The molecule has 212 valence electrons. The van der Waals surface area contributed by atoms with E-state index in [9.17, 15) is 4.79 Å². The second kappa shape index (κ2) is 9.28. The summed E-state index contributed by atoms with van der Waals surface area (Å²) in [5, 5.41) is 4.01. The molecule has 0 atom stereocenters. The Kier molecular flexibility index (Phi) is 5.39. The lowest BCUT2D eigenvalue weighted by atomic mass is 9.71. The zero-order valence-corrected chi connectivity index (χ0v) is 25.5. The maximum atomic E-state index is 13.9. The molecule has 2 aliphatic rings. The molecule has 0 saturated heterocycles. The minimum absolute atomic E-state index is 0.0690. The molecule has 4 heteroatoms. The van der Waals surface area contributed by atoms with Crippen LogP contribution in [0.15, 0.2) is 137 Å². The van der Waals surface area contributed by atoms with E-state index in [1.54, 1.807) is 11.3 Å². The van der Waals surface area contributed by atoms with E-state index in [-0.39, 0.29) is 10.8 Å². The molecule has 5 aromatic carbocycles. The van der Waals surface area contributed by atoms with Gasteiger partial charge >= 0.3 is 0 Å². The highest BCUT2D eigenvalue weighted by Gasteiger charge is 2.38. The molecular formula is C40H30N2OS. The summed E-state index contributed by atoms with van der Waals surface area (Å²) in [6, 6.07) is 38.6. The van der Waals surface area contributed by atoms with E-state index in [2.05, 4.69) is 133 Å². The summed E-state index contributed by atoms with van der Waals surface area (Å²) >= 11 is 1.71. The second-order valence-electron chi connectivity index (χ2n) is 12.4. The third-order valence-electron chi connectivity index (χ3n) is 9.64. The van der Waals surface area contributed by atoms with Crippen molar-refractivity contribution in [3.63, 3.8) is 0 Å². The van der Waals surface area contributed by atoms with Crippen LogP contribution in [0.2, 0.25) is 0 Å². The number of allylic oxidation sites excluding steroid dienone is 4. The molecule has 3 heterocycles. The van der Waals surface area contributed by atoms with Gasteiger partial charge in [0.1, 0.15) is 0 Å². The summed E-state index contributed by atoms with van der Waals surface area (Å²) in [6.45, 7) is 4.67. The van der Waals surface area contributed by atoms with Crippen molar-refractivity contribution in [2.75, 3.05) is 4.90 Å². The molecule has 0 spiro atoms. The van der Waals surface area contributed by atoms with Crippen LogP contribution in [-0.4, -0.2) is 4.57 Å². The molecular weight excluding hydrogens is 557 g/mol. The smallest absolute Gasteiger partial charge is 0.195 e. The number of fused-ring (bicyclic) bond motifs is 6. The summed E-state index contributed by atoms with van der Waals surface area (Å²) < 4.78 is 4.33. The fourth-order valence-corrected chi connectivity index (χ4v) is 8.68. The minimum atomic E-state index is -0.0690. The SMILES string of the molecule is CC1(C)C2=C(CCC=C2)N(c2ccc3c(=O)c4ccc(-n5c6ccccc6c6ccccc65)cc4sc3c2)c2ccccc21. The largest absolute Gasteiger partial charge is 0.314 e. The van der Waals surface area contributed by atoms with Crippen LogP contribution in [0.1, 0.15) is 32.3 Å². The zero-order valence-electron chi connectivity index (χ0n) is 24.7. The zero-order chi connectivity index (χ0) is 29.6. The van der Waals surface area contributed by atoms with Gasteiger partial charge in [-0.3, -0.25) is 4.79 Å². The number of aromatic nitrogens is 1. The number of hydrogen-bond acceptors (Lipinski definition) is 3. The Balaban J connectivity index is 1.26. The highest BCUT2D eigenvalue weighted by molar-refractivity contribution is 7.24. The fourth-order valence-electron chi connectivity index (χ4n) is 7.54. The summed E-state index contributed by atoms with van der Waals surface area (Å²) in [5.74, 6) is 0. The first-order valence-electron chi connectivity index (χ1n) is 15.3. The predicted molar refractivity (Wildman–Crippen MR) is 187 cm³/mol. The fraction of sp³-hybridized carbons (Fsp3) is 0.125. The van der Waals surface area contributed by atoms with Gasteiger partial charge in [0.05, 0.1) is 11.0 Å². The highest BCUT2D eigenvalue weighted by Crippen LogP contribution is 2.51. The summed E-state index contributed by atoms with van der Waals surface area (Å²) in [7, 11) is 0. The van der Waals surface area contributed by atoms with Crippen LogP contribution in [-0.2, 0) is 5.41 Å². The molecule has 0 radical (unpaired) electrons. The molecule has 9 rings (SSSR count). The molecule has 44 heavy (non-hydrogen) atoms. The minimum Gasteiger partial charge on any atom is -0.314 e. The third-order valence-corrected chi connectivity index (χ3v) is 10.8. The van der Waals surface area contributed by atoms with Crippen molar-refractivity contribution in [2.45, 2.75) is 32.1 Å². The van der Waals surface area contributed by atoms with Crippen molar-refractivity contribution < 1.29 is 0 Å². The monoisotopic (exact) mass is 586 g/mol. The van der Waals surface area contributed by atoms with Crippen molar-refractivity contribution in [1.29, 1.82) is 0 Å². The lowest BCUT2D eigenvalue weighted by Crippen LogP contribution is -2.34. The van der Waals surface area contributed by atoms with Gasteiger partial charge in [-0.15, -0.1) is 11.3 Å². The normalized spacial score (nSPS) is 15.8. The standard InChI is InChI=1S/C40H30N2OS/c1-40(2)31-13-5-9-17-35(31)42(36-18-10-6-14-32(36)40)26-20-22-30-38(24-26)44-37-23-25(19-21-29(37)39(30)43)41-33-15-7-3-11-27(33)28-12-4-8-16-34(28)41/h3-9,11-17,19-24H,10,18H2,1-2H3. The van der Waals surface area contributed by atoms with E-state index in [1.807, 2.05) is 12.1 Å². The van der Waals surface area contributed by atoms with E-state index in [1.165, 1.54) is 44.3 Å². The average Bonchev–Trinajstić information content (AvgIpc) is 3.39. The summed E-state index contributed by atoms with van der Waals surface area (Å²) in [5.41, 5.74) is 9.83. The van der Waals surface area contributed by atoms with Crippen molar-refractivity contribution in [3.05, 3.63) is 148 Å². The number of anilines is 2. The molecule has 7 aromatic rings. The molecule has 2 aromatic heterocycles. The number of hydrogen-bond donors (Lipinski definition) is 0. The first-order chi connectivity index (χ1) is 21.5. The number of rotatable bonds is 2. The van der Waals surface area contributed by atoms with Crippen LogP contribution >= 0.6 is 11.3 Å². The third kappa shape index (κ3) is 3.52. The van der Waals surface area contributed by atoms with Gasteiger partial charge in [0.15, 0.2) is 5.43 Å². The molecule has 3 nitrogen and oxygen atoms in total. The Morgan fingerprint density at radius 2 is 1.30 bits per heavy atom. The van der Waals surface area contributed by atoms with Crippen LogP contribution in [0.25, 0.3) is 47.7 Å². The van der Waals surface area contributed by atoms with Gasteiger partial charge in [0.25, 0.3) is 0 Å². The van der Waals surface area contributed by atoms with Crippen LogP contribution < -0.4 is 10.3 Å². The Bertz CT molecular complexity index is 2400.